The van der Waals surface area contributed by atoms with Crippen molar-refractivity contribution in [3.8, 4) is 5.75 Å². The van der Waals surface area contributed by atoms with Gasteiger partial charge in [0.05, 0.1) is 17.6 Å². The Bertz CT molecular complexity index is 388. The first-order valence-corrected chi connectivity index (χ1v) is 5.98. The molecule has 0 spiro atoms. The number of benzene rings is 1. The van der Waals surface area contributed by atoms with E-state index < -0.39 is 5.60 Å². The molecule has 0 aromatic heterocycles. The van der Waals surface area contributed by atoms with E-state index in [0.29, 0.717) is 29.1 Å². The second-order valence-corrected chi connectivity index (χ2v) is 4.51. The smallest absolute Gasteiger partial charge is 0.146 e. The van der Waals surface area contributed by atoms with Crippen molar-refractivity contribution in [3.05, 3.63) is 23.5 Å². The lowest BCUT2D eigenvalue weighted by Crippen LogP contribution is -2.08. The van der Waals surface area contributed by atoms with Gasteiger partial charge in [-0.25, -0.2) is 4.39 Å². The van der Waals surface area contributed by atoms with E-state index in [2.05, 4.69) is 0 Å². The molecule has 0 amide bonds. The number of rotatable bonds is 3. The monoisotopic (exact) mass is 228 g/mol. The second-order valence-electron chi connectivity index (χ2n) is 3.69. The van der Waals surface area contributed by atoms with Gasteiger partial charge in [0.25, 0.3) is 0 Å². The summed E-state index contributed by atoms with van der Waals surface area (Å²) >= 11 is 1.29. The maximum atomic E-state index is 14.0. The topological polar surface area (TPSA) is 29.5 Å². The van der Waals surface area contributed by atoms with Gasteiger partial charge in [0.1, 0.15) is 11.6 Å². The SMILES string of the molecule is COc1ccc(C2(O)CC2)c(F)c1SC. The maximum absolute atomic E-state index is 14.0. The van der Waals surface area contributed by atoms with Crippen LogP contribution in [0.15, 0.2) is 17.0 Å². The lowest BCUT2D eigenvalue weighted by molar-refractivity contribution is 0.146. The van der Waals surface area contributed by atoms with Crippen molar-refractivity contribution in [1.82, 2.24) is 0 Å². The van der Waals surface area contributed by atoms with Crippen LogP contribution >= 0.6 is 11.8 Å². The molecule has 1 saturated carbocycles. The van der Waals surface area contributed by atoms with Crippen LogP contribution in [0.4, 0.5) is 4.39 Å². The first-order chi connectivity index (χ1) is 7.12. The normalized spacial score (nSPS) is 17.6. The van der Waals surface area contributed by atoms with E-state index in [4.69, 9.17) is 4.74 Å². The first-order valence-electron chi connectivity index (χ1n) is 4.76. The molecule has 1 aromatic rings. The highest BCUT2D eigenvalue weighted by atomic mass is 32.2. The van der Waals surface area contributed by atoms with Gasteiger partial charge in [-0.05, 0) is 31.2 Å². The van der Waals surface area contributed by atoms with Gasteiger partial charge in [-0.2, -0.15) is 0 Å². The van der Waals surface area contributed by atoms with E-state index in [1.807, 2.05) is 0 Å². The molecule has 2 nitrogen and oxygen atoms in total. The predicted octanol–water partition coefficient (Wildman–Crippen LogP) is 2.54. The van der Waals surface area contributed by atoms with E-state index in [1.165, 1.54) is 18.9 Å². The van der Waals surface area contributed by atoms with Crippen molar-refractivity contribution in [2.75, 3.05) is 13.4 Å². The summed E-state index contributed by atoms with van der Waals surface area (Å²) in [6.07, 6.45) is 3.08. The standard InChI is InChI=1S/C11H13FO2S/c1-14-8-4-3-7(11(13)5-6-11)9(12)10(8)15-2/h3-4,13H,5-6H2,1-2H3. The Kier molecular flexibility index (Phi) is 2.64. The molecule has 4 heteroatoms. The number of hydrogen-bond donors (Lipinski definition) is 1. The van der Waals surface area contributed by atoms with E-state index in [0.717, 1.165) is 0 Å². The zero-order chi connectivity index (χ0) is 11.1. The third kappa shape index (κ3) is 1.72. The average molecular weight is 228 g/mol. The molecule has 0 saturated heterocycles. The van der Waals surface area contributed by atoms with Crippen LogP contribution in [0.3, 0.4) is 0 Å². The first kappa shape index (κ1) is 10.8. The van der Waals surface area contributed by atoms with Crippen molar-refractivity contribution in [3.63, 3.8) is 0 Å². The molecule has 0 radical (unpaired) electrons. The molecule has 0 aliphatic heterocycles. The molecule has 1 aliphatic carbocycles. The largest absolute Gasteiger partial charge is 0.495 e. The molecule has 1 N–H and O–H groups in total. The number of methoxy groups -OCH3 is 1. The molecule has 0 atom stereocenters. The lowest BCUT2D eigenvalue weighted by atomic mass is 10.1. The lowest BCUT2D eigenvalue weighted by Gasteiger charge is -2.14. The quantitative estimate of drug-likeness (QED) is 0.806. The number of aliphatic hydroxyl groups is 1. The Morgan fingerprint density at radius 3 is 2.60 bits per heavy atom. The molecule has 0 unspecified atom stereocenters. The van der Waals surface area contributed by atoms with E-state index in [-0.39, 0.29) is 5.82 Å². The average Bonchev–Trinajstić information content (AvgIpc) is 2.96. The van der Waals surface area contributed by atoms with Crippen molar-refractivity contribution in [2.24, 2.45) is 0 Å². The Morgan fingerprint density at radius 2 is 2.13 bits per heavy atom. The highest BCUT2D eigenvalue weighted by molar-refractivity contribution is 7.98. The summed E-state index contributed by atoms with van der Waals surface area (Å²) < 4.78 is 19.1. The molecule has 0 bridgehead atoms. The fourth-order valence-electron chi connectivity index (χ4n) is 1.64. The molecule has 1 fully saturated rings. The third-order valence-electron chi connectivity index (χ3n) is 2.71. The van der Waals surface area contributed by atoms with Crippen LogP contribution in [-0.4, -0.2) is 18.5 Å². The Morgan fingerprint density at radius 1 is 1.47 bits per heavy atom. The fourth-order valence-corrected chi connectivity index (χ4v) is 2.28. The van der Waals surface area contributed by atoms with Crippen molar-refractivity contribution < 1.29 is 14.2 Å². The number of ether oxygens (including phenoxy) is 1. The minimum absolute atomic E-state index is 0.346. The third-order valence-corrected chi connectivity index (χ3v) is 3.50. The highest BCUT2D eigenvalue weighted by Crippen LogP contribution is 2.48. The van der Waals surface area contributed by atoms with E-state index >= 15 is 0 Å². The van der Waals surface area contributed by atoms with Crippen LogP contribution in [0.5, 0.6) is 5.75 Å². The maximum Gasteiger partial charge on any atom is 0.146 e. The van der Waals surface area contributed by atoms with E-state index in [1.54, 1.807) is 18.4 Å². The highest BCUT2D eigenvalue weighted by Gasteiger charge is 2.44. The van der Waals surface area contributed by atoms with Gasteiger partial charge < -0.3 is 9.84 Å². The predicted molar refractivity (Wildman–Crippen MR) is 57.9 cm³/mol. The van der Waals surface area contributed by atoms with Gasteiger partial charge in [-0.1, -0.05) is 0 Å². The molecule has 15 heavy (non-hydrogen) atoms. The summed E-state index contributed by atoms with van der Waals surface area (Å²) in [5, 5.41) is 9.87. The molecular formula is C11H13FO2S. The molecular weight excluding hydrogens is 215 g/mol. The molecule has 82 valence electrons. The summed E-state index contributed by atoms with van der Waals surface area (Å²) in [4.78, 5) is 0.468. The molecule has 1 aromatic carbocycles. The van der Waals surface area contributed by atoms with Crippen LogP contribution in [0.2, 0.25) is 0 Å². The minimum Gasteiger partial charge on any atom is -0.495 e. The summed E-state index contributed by atoms with van der Waals surface area (Å²) in [6, 6.07) is 3.32. The Hall–Kier alpha value is -0.740. The van der Waals surface area contributed by atoms with Crippen LogP contribution in [0.1, 0.15) is 18.4 Å². The molecule has 0 heterocycles. The zero-order valence-electron chi connectivity index (χ0n) is 8.71. The Labute approximate surface area is 92.4 Å². The van der Waals surface area contributed by atoms with Gasteiger partial charge in [-0.15, -0.1) is 11.8 Å². The minimum atomic E-state index is -0.930. The number of thioether (sulfide) groups is 1. The van der Waals surface area contributed by atoms with Crippen LogP contribution in [-0.2, 0) is 5.60 Å². The van der Waals surface area contributed by atoms with E-state index in [9.17, 15) is 9.50 Å². The van der Waals surface area contributed by atoms with Gasteiger partial charge in [-0.3, -0.25) is 0 Å². The van der Waals surface area contributed by atoms with Gasteiger partial charge in [0.2, 0.25) is 0 Å². The van der Waals surface area contributed by atoms with Gasteiger partial charge >= 0.3 is 0 Å². The zero-order valence-corrected chi connectivity index (χ0v) is 9.53. The number of hydrogen-bond acceptors (Lipinski definition) is 3. The Balaban J connectivity index is 2.51. The van der Waals surface area contributed by atoms with Crippen LogP contribution in [0, 0.1) is 5.82 Å². The fraction of sp³-hybridized carbons (Fsp3) is 0.455. The van der Waals surface area contributed by atoms with Crippen LogP contribution < -0.4 is 4.74 Å². The van der Waals surface area contributed by atoms with Crippen LogP contribution in [0.25, 0.3) is 0 Å². The van der Waals surface area contributed by atoms with Gasteiger partial charge in [0.15, 0.2) is 0 Å². The summed E-state index contributed by atoms with van der Waals surface area (Å²) in [7, 11) is 1.51. The van der Waals surface area contributed by atoms with Crippen molar-refractivity contribution >= 4 is 11.8 Å². The number of halogens is 1. The molecule has 2 rings (SSSR count). The summed E-state index contributed by atoms with van der Waals surface area (Å²) in [5.41, 5.74) is -0.534. The van der Waals surface area contributed by atoms with Crippen molar-refractivity contribution in [2.45, 2.75) is 23.3 Å². The molecule has 1 aliphatic rings. The second kappa shape index (κ2) is 3.68. The summed E-state index contributed by atoms with van der Waals surface area (Å²) in [6.45, 7) is 0. The van der Waals surface area contributed by atoms with Crippen molar-refractivity contribution in [1.29, 1.82) is 0 Å². The summed E-state index contributed by atoms with van der Waals surface area (Å²) in [5.74, 6) is 0.176. The van der Waals surface area contributed by atoms with Gasteiger partial charge in [0, 0.05) is 5.56 Å².